The Kier molecular flexibility index (Phi) is 5.10. The molecule has 4 heteroatoms. The van der Waals surface area contributed by atoms with E-state index in [1.54, 1.807) is 29.2 Å². The van der Waals surface area contributed by atoms with Gasteiger partial charge in [-0.05, 0) is 37.1 Å². The van der Waals surface area contributed by atoms with Gasteiger partial charge in [-0.2, -0.15) is 0 Å². The van der Waals surface area contributed by atoms with Gasteiger partial charge in [0.05, 0.1) is 0 Å². The highest BCUT2D eigenvalue weighted by Crippen LogP contribution is 2.49. The lowest BCUT2D eigenvalue weighted by Crippen LogP contribution is -2.48. The Hall–Kier alpha value is -2.26. The summed E-state index contributed by atoms with van der Waals surface area (Å²) in [5.74, 6) is -0.0674. The predicted octanol–water partition coefficient (Wildman–Crippen LogP) is 5.59. The fraction of sp³-hybridized carbons (Fsp3) is 0.318. The zero-order valence-electron chi connectivity index (χ0n) is 15.3. The zero-order valence-corrected chi connectivity index (χ0v) is 16.1. The van der Waals surface area contributed by atoms with E-state index < -0.39 is 0 Å². The molecule has 3 rings (SSSR count). The van der Waals surface area contributed by atoms with Crippen molar-refractivity contribution in [2.75, 3.05) is 6.54 Å². The van der Waals surface area contributed by atoms with Crippen molar-refractivity contribution in [2.45, 2.75) is 26.2 Å². The summed E-state index contributed by atoms with van der Waals surface area (Å²) in [5, 5.41) is 0.600. The summed E-state index contributed by atoms with van der Waals surface area (Å²) in [6.45, 7) is 20.1. The molecule has 0 saturated carbocycles. The van der Waals surface area contributed by atoms with Crippen LogP contribution in [0.1, 0.15) is 36.5 Å². The van der Waals surface area contributed by atoms with Gasteiger partial charge in [-0.1, -0.05) is 51.3 Å². The Labute approximate surface area is 160 Å². The van der Waals surface area contributed by atoms with Crippen molar-refractivity contribution >= 4 is 17.5 Å². The molecule has 0 spiro atoms. The summed E-state index contributed by atoms with van der Waals surface area (Å²) in [5.41, 5.74) is 4.00. The topological polar surface area (TPSA) is 23.6 Å². The van der Waals surface area contributed by atoms with E-state index in [9.17, 15) is 4.79 Å². The third-order valence-corrected chi connectivity index (χ3v) is 5.63. The summed E-state index contributed by atoms with van der Waals surface area (Å²) < 4.78 is 0. The third-order valence-electron chi connectivity index (χ3n) is 5.38. The lowest BCUT2D eigenvalue weighted by Gasteiger charge is -2.51. The van der Waals surface area contributed by atoms with Crippen molar-refractivity contribution in [3.05, 3.63) is 84.0 Å². The number of carbonyl (C=O) groups excluding carboxylic acids is 1. The predicted molar refractivity (Wildman–Crippen MR) is 107 cm³/mol. The molecule has 2 heterocycles. The van der Waals surface area contributed by atoms with Gasteiger partial charge >= 0.3 is 0 Å². The molecule has 2 aliphatic heterocycles. The smallest absolute Gasteiger partial charge is 0.262 e. The van der Waals surface area contributed by atoms with Gasteiger partial charge in [0.1, 0.15) is 0 Å². The van der Waals surface area contributed by atoms with Gasteiger partial charge in [-0.3, -0.25) is 9.69 Å². The molecule has 136 valence electrons. The fourth-order valence-corrected chi connectivity index (χ4v) is 3.93. The van der Waals surface area contributed by atoms with E-state index >= 15 is 0 Å². The van der Waals surface area contributed by atoms with Gasteiger partial charge in [0.2, 0.25) is 0 Å². The quantitative estimate of drug-likeness (QED) is 0.691. The molecule has 0 radical (unpaired) electrons. The number of amides is 1. The molecule has 2 aliphatic rings. The van der Waals surface area contributed by atoms with Crippen LogP contribution in [0, 0.1) is 11.8 Å². The van der Waals surface area contributed by atoms with Crippen LogP contribution in [-0.2, 0) is 0 Å². The normalized spacial score (nSPS) is 22.8. The van der Waals surface area contributed by atoms with E-state index in [2.05, 4.69) is 38.1 Å². The number of hydrogen-bond acceptors (Lipinski definition) is 2. The first-order chi connectivity index (χ1) is 12.4. The highest BCUT2D eigenvalue weighted by Gasteiger charge is 2.44. The van der Waals surface area contributed by atoms with E-state index in [0.29, 0.717) is 10.6 Å². The summed E-state index contributed by atoms with van der Waals surface area (Å²) in [4.78, 5) is 17.0. The molecule has 2 unspecified atom stereocenters. The first-order valence-corrected chi connectivity index (χ1v) is 9.37. The molecule has 3 nitrogen and oxygen atoms in total. The number of halogens is 1. The second-order valence-electron chi connectivity index (χ2n) is 6.96. The van der Waals surface area contributed by atoms with Gasteiger partial charge in [0.15, 0.2) is 0 Å². The molecule has 1 aromatic carbocycles. The van der Waals surface area contributed by atoms with Crippen molar-refractivity contribution in [3.63, 3.8) is 0 Å². The van der Waals surface area contributed by atoms with Crippen LogP contribution in [0.3, 0.4) is 0 Å². The van der Waals surface area contributed by atoms with E-state index in [1.807, 2.05) is 0 Å². The van der Waals surface area contributed by atoms with Crippen LogP contribution >= 0.6 is 11.6 Å². The van der Waals surface area contributed by atoms with Crippen molar-refractivity contribution in [1.82, 2.24) is 9.80 Å². The number of fused-ring (bicyclic) bond motifs is 2. The number of hydrogen-bond donors (Lipinski definition) is 0. The molecule has 1 aromatic rings. The van der Waals surface area contributed by atoms with Crippen LogP contribution in [0.5, 0.6) is 0 Å². The molecule has 0 aliphatic carbocycles. The number of unbranched alkanes of at least 4 members (excludes halogenated alkanes) is 1. The average Bonchev–Trinajstić information content (AvgIpc) is 2.61. The minimum Gasteiger partial charge on any atom is -0.348 e. The number of rotatable bonds is 4. The summed E-state index contributed by atoms with van der Waals surface area (Å²) in [7, 11) is 0. The van der Waals surface area contributed by atoms with Gasteiger partial charge in [-0.15, -0.1) is 0 Å². The standard InChI is InChI=1S/C22H25ClN2O/c1-6-7-12-24-14(2)20-13-21(15(24)3)17(5)25(16(20)4)22(26)18-8-10-19(23)11-9-18/h8-11,20-21H,2-7,12-13H2,1H3. The van der Waals surface area contributed by atoms with Gasteiger partial charge in [0.25, 0.3) is 5.91 Å². The lowest BCUT2D eigenvalue weighted by atomic mass is 9.76. The Morgan fingerprint density at radius 2 is 1.58 bits per heavy atom. The van der Waals surface area contributed by atoms with Gasteiger partial charge in [0, 0.05) is 51.8 Å². The van der Waals surface area contributed by atoms with E-state index in [-0.39, 0.29) is 17.7 Å². The number of likely N-dealkylation sites (tertiary alicyclic amines) is 2. The van der Waals surface area contributed by atoms with Gasteiger partial charge in [-0.25, -0.2) is 0 Å². The molecule has 0 N–H and O–H groups in total. The second kappa shape index (κ2) is 7.16. The number of nitrogens with zero attached hydrogens (tertiary/aromatic N) is 2. The van der Waals surface area contributed by atoms with Crippen LogP contribution < -0.4 is 0 Å². The molecular formula is C22H25ClN2O. The highest BCUT2D eigenvalue weighted by molar-refractivity contribution is 6.30. The number of piperidine rings is 2. The van der Waals surface area contributed by atoms with Crippen molar-refractivity contribution in [2.24, 2.45) is 11.8 Å². The Morgan fingerprint density at radius 3 is 2.08 bits per heavy atom. The highest BCUT2D eigenvalue weighted by atomic mass is 35.5. The molecule has 2 fully saturated rings. The maximum Gasteiger partial charge on any atom is 0.262 e. The first kappa shape index (κ1) is 18.5. The lowest BCUT2D eigenvalue weighted by molar-refractivity contribution is 0.0772. The minimum atomic E-state index is -0.131. The zero-order chi connectivity index (χ0) is 19.0. The summed E-state index contributed by atoms with van der Waals surface area (Å²) >= 11 is 5.94. The SMILES string of the molecule is C=C1C2CC(C(=C)N1CCCC)C(=C)N(C(=O)c1ccc(Cl)cc1)C2=C. The largest absolute Gasteiger partial charge is 0.348 e. The Morgan fingerprint density at radius 1 is 1.04 bits per heavy atom. The second-order valence-corrected chi connectivity index (χ2v) is 7.40. The van der Waals surface area contributed by atoms with E-state index in [0.717, 1.165) is 48.6 Å². The first-order valence-electron chi connectivity index (χ1n) is 8.99. The minimum absolute atomic E-state index is 0.0316. The van der Waals surface area contributed by atoms with Crippen molar-refractivity contribution in [1.29, 1.82) is 0 Å². The van der Waals surface area contributed by atoms with Crippen LogP contribution in [0.4, 0.5) is 0 Å². The summed E-state index contributed by atoms with van der Waals surface area (Å²) in [6, 6.07) is 6.89. The van der Waals surface area contributed by atoms with Crippen LogP contribution in [0.2, 0.25) is 5.02 Å². The summed E-state index contributed by atoms with van der Waals surface area (Å²) in [6.07, 6.45) is 3.02. The molecular weight excluding hydrogens is 344 g/mol. The maximum absolute atomic E-state index is 13.1. The third kappa shape index (κ3) is 3.01. The molecule has 2 saturated heterocycles. The average molecular weight is 369 g/mol. The van der Waals surface area contributed by atoms with Crippen LogP contribution in [-0.4, -0.2) is 22.3 Å². The number of benzene rings is 1. The van der Waals surface area contributed by atoms with Crippen molar-refractivity contribution < 1.29 is 4.79 Å². The van der Waals surface area contributed by atoms with Gasteiger partial charge < -0.3 is 4.90 Å². The van der Waals surface area contributed by atoms with E-state index in [4.69, 9.17) is 11.6 Å². The van der Waals surface area contributed by atoms with E-state index in [1.165, 1.54) is 0 Å². The Balaban J connectivity index is 1.92. The Bertz CT molecular complexity index is 759. The van der Waals surface area contributed by atoms with Crippen LogP contribution in [0.15, 0.2) is 73.4 Å². The van der Waals surface area contributed by atoms with Crippen molar-refractivity contribution in [3.8, 4) is 0 Å². The van der Waals surface area contributed by atoms with Crippen LogP contribution in [0.25, 0.3) is 0 Å². The molecule has 0 aromatic heterocycles. The molecule has 26 heavy (non-hydrogen) atoms. The molecule has 2 bridgehead atoms. The molecule has 2 atom stereocenters. The maximum atomic E-state index is 13.1. The molecule has 1 amide bonds. The monoisotopic (exact) mass is 368 g/mol. The fourth-order valence-electron chi connectivity index (χ4n) is 3.81. The number of carbonyl (C=O) groups is 1.